The van der Waals surface area contributed by atoms with E-state index in [1.807, 2.05) is 18.2 Å². The van der Waals surface area contributed by atoms with Gasteiger partial charge in [-0.3, -0.25) is 9.78 Å². The molecule has 5 nitrogen and oxygen atoms in total. The number of nitrogens with zero attached hydrogens (tertiary/aromatic N) is 4. The monoisotopic (exact) mass is 318 g/mol. The second-order valence-corrected chi connectivity index (χ2v) is 5.24. The van der Waals surface area contributed by atoms with Gasteiger partial charge in [0.25, 0.3) is 0 Å². The van der Waals surface area contributed by atoms with E-state index in [0.717, 1.165) is 16.7 Å². The Morgan fingerprint density at radius 1 is 1.00 bits per heavy atom. The fourth-order valence-electron chi connectivity index (χ4n) is 2.56. The quantitative estimate of drug-likeness (QED) is 0.543. The van der Waals surface area contributed by atoms with Gasteiger partial charge in [-0.25, -0.2) is 13.9 Å². The molecule has 116 valence electrons. The molecule has 0 amide bonds. The average Bonchev–Trinajstić information content (AvgIpc) is 3.05. The molecule has 0 aliphatic heterocycles. The summed E-state index contributed by atoms with van der Waals surface area (Å²) in [4.78, 5) is 19.4. The number of rotatable bonds is 3. The third-order valence-corrected chi connectivity index (χ3v) is 3.70. The van der Waals surface area contributed by atoms with E-state index in [0.29, 0.717) is 23.3 Å². The number of imidazole rings is 1. The zero-order valence-corrected chi connectivity index (χ0v) is 12.4. The number of hydrogen-bond acceptors (Lipinski definition) is 4. The van der Waals surface area contributed by atoms with Gasteiger partial charge in [0.15, 0.2) is 11.9 Å². The minimum atomic E-state index is -0.306. The molecule has 1 aromatic carbocycles. The second kappa shape index (κ2) is 5.66. The van der Waals surface area contributed by atoms with E-state index in [1.54, 1.807) is 35.2 Å². The molecule has 0 aliphatic rings. The van der Waals surface area contributed by atoms with Crippen LogP contribution in [-0.2, 0) is 0 Å². The number of carbonyl (C=O) groups is 1. The van der Waals surface area contributed by atoms with Crippen LogP contribution in [0.15, 0.2) is 61.1 Å². The number of pyridine rings is 1. The van der Waals surface area contributed by atoms with Gasteiger partial charge in [0.2, 0.25) is 0 Å². The maximum atomic E-state index is 13.2. The molecular formula is C18H11FN4O. The molecule has 0 aliphatic carbocycles. The molecule has 3 heterocycles. The summed E-state index contributed by atoms with van der Waals surface area (Å²) in [5.74, 6) is -0.306. The van der Waals surface area contributed by atoms with Crippen LogP contribution in [0.2, 0.25) is 0 Å². The number of benzene rings is 1. The van der Waals surface area contributed by atoms with Gasteiger partial charge in [0.1, 0.15) is 11.5 Å². The van der Waals surface area contributed by atoms with Crippen molar-refractivity contribution in [2.24, 2.45) is 0 Å². The van der Waals surface area contributed by atoms with Crippen molar-refractivity contribution in [1.29, 1.82) is 0 Å². The van der Waals surface area contributed by atoms with Gasteiger partial charge in [0.05, 0.1) is 11.9 Å². The molecule has 0 bridgehead atoms. The van der Waals surface area contributed by atoms with Gasteiger partial charge in [-0.2, -0.15) is 5.10 Å². The predicted octanol–water partition coefficient (Wildman–Crippen LogP) is 3.41. The van der Waals surface area contributed by atoms with Gasteiger partial charge < -0.3 is 0 Å². The maximum Gasteiger partial charge on any atom is 0.170 e. The van der Waals surface area contributed by atoms with Crippen LogP contribution >= 0.6 is 0 Å². The van der Waals surface area contributed by atoms with E-state index in [-0.39, 0.29) is 5.82 Å². The van der Waals surface area contributed by atoms with Gasteiger partial charge in [-0.15, -0.1) is 0 Å². The Hall–Kier alpha value is -3.41. The lowest BCUT2D eigenvalue weighted by atomic mass is 10.1. The lowest BCUT2D eigenvalue weighted by Gasteiger charge is -2.07. The van der Waals surface area contributed by atoms with Crippen LogP contribution in [0.25, 0.3) is 28.0 Å². The topological polar surface area (TPSA) is 60.2 Å². The van der Waals surface area contributed by atoms with Crippen LogP contribution in [-0.4, -0.2) is 25.9 Å². The molecule has 0 atom stereocenters. The van der Waals surface area contributed by atoms with Crippen LogP contribution in [0, 0.1) is 5.82 Å². The molecule has 4 rings (SSSR count). The predicted molar refractivity (Wildman–Crippen MR) is 87.0 cm³/mol. The zero-order valence-electron chi connectivity index (χ0n) is 12.4. The Kier molecular flexibility index (Phi) is 3.35. The molecule has 0 N–H and O–H groups in total. The molecule has 0 unspecified atom stereocenters. The average molecular weight is 318 g/mol. The van der Waals surface area contributed by atoms with Crippen molar-refractivity contribution in [2.45, 2.75) is 0 Å². The van der Waals surface area contributed by atoms with Gasteiger partial charge in [-0.05, 0) is 48.0 Å². The molecule has 0 radical (unpaired) electrons. The van der Waals surface area contributed by atoms with Crippen LogP contribution in [0.3, 0.4) is 0 Å². The number of halogens is 1. The summed E-state index contributed by atoms with van der Waals surface area (Å²) >= 11 is 0. The van der Waals surface area contributed by atoms with E-state index >= 15 is 0 Å². The SMILES string of the molecule is O=Cc1cn2nc(-c3ccc(F)cc3)cc(-c3ccncc3)c2n1. The molecule has 6 heteroatoms. The fourth-order valence-corrected chi connectivity index (χ4v) is 2.56. The first-order valence-corrected chi connectivity index (χ1v) is 7.26. The number of fused-ring (bicyclic) bond motifs is 1. The molecule has 0 saturated heterocycles. The minimum Gasteiger partial charge on any atom is -0.296 e. The Bertz CT molecular complexity index is 1030. The first-order valence-electron chi connectivity index (χ1n) is 7.26. The van der Waals surface area contributed by atoms with Crippen molar-refractivity contribution in [3.05, 3.63) is 72.6 Å². The summed E-state index contributed by atoms with van der Waals surface area (Å²) in [6, 6.07) is 11.7. The fraction of sp³-hybridized carbons (Fsp3) is 0. The first kappa shape index (κ1) is 14.2. The smallest absolute Gasteiger partial charge is 0.170 e. The normalized spacial score (nSPS) is 10.9. The van der Waals surface area contributed by atoms with Gasteiger partial charge in [0, 0.05) is 23.5 Å². The van der Waals surface area contributed by atoms with Crippen LogP contribution in [0.1, 0.15) is 10.5 Å². The molecule has 0 saturated carbocycles. The standard InChI is InChI=1S/C18H11FN4O/c19-14-3-1-13(2-4-14)17-9-16(12-5-7-20-8-6-12)18-21-15(11-24)10-23(18)22-17/h1-11H. The molecule has 3 aromatic heterocycles. The van der Waals surface area contributed by atoms with Crippen LogP contribution in [0.4, 0.5) is 4.39 Å². The van der Waals surface area contributed by atoms with Gasteiger partial charge in [-0.1, -0.05) is 0 Å². The summed E-state index contributed by atoms with van der Waals surface area (Å²) in [7, 11) is 0. The molecule has 24 heavy (non-hydrogen) atoms. The summed E-state index contributed by atoms with van der Waals surface area (Å²) in [6.45, 7) is 0. The van der Waals surface area contributed by atoms with Crippen molar-refractivity contribution in [1.82, 2.24) is 19.6 Å². The van der Waals surface area contributed by atoms with Crippen molar-refractivity contribution in [3.8, 4) is 22.4 Å². The lowest BCUT2D eigenvalue weighted by Crippen LogP contribution is -1.97. The van der Waals surface area contributed by atoms with E-state index in [4.69, 9.17) is 0 Å². The first-order chi connectivity index (χ1) is 11.7. The zero-order chi connectivity index (χ0) is 16.5. The Balaban J connectivity index is 1.99. The molecular weight excluding hydrogens is 307 g/mol. The highest BCUT2D eigenvalue weighted by molar-refractivity contribution is 5.83. The van der Waals surface area contributed by atoms with Crippen molar-refractivity contribution in [3.63, 3.8) is 0 Å². The Morgan fingerprint density at radius 2 is 1.75 bits per heavy atom. The number of hydrogen-bond donors (Lipinski definition) is 0. The highest BCUT2D eigenvalue weighted by atomic mass is 19.1. The Morgan fingerprint density at radius 3 is 2.46 bits per heavy atom. The van der Waals surface area contributed by atoms with Crippen LogP contribution < -0.4 is 0 Å². The van der Waals surface area contributed by atoms with Crippen molar-refractivity contribution >= 4 is 11.9 Å². The summed E-state index contributed by atoms with van der Waals surface area (Å²) in [5, 5.41) is 4.49. The van der Waals surface area contributed by atoms with Crippen molar-refractivity contribution < 1.29 is 9.18 Å². The second-order valence-electron chi connectivity index (χ2n) is 5.24. The van der Waals surface area contributed by atoms with E-state index in [2.05, 4.69) is 15.1 Å². The van der Waals surface area contributed by atoms with Crippen molar-refractivity contribution in [2.75, 3.05) is 0 Å². The lowest BCUT2D eigenvalue weighted by molar-refractivity contribution is 0.111. The minimum absolute atomic E-state index is 0.300. The highest BCUT2D eigenvalue weighted by Crippen LogP contribution is 2.28. The summed E-state index contributed by atoms with van der Waals surface area (Å²) in [5.41, 5.74) is 4.03. The third-order valence-electron chi connectivity index (χ3n) is 3.70. The number of aldehydes is 1. The Labute approximate surface area is 136 Å². The maximum absolute atomic E-state index is 13.2. The summed E-state index contributed by atoms with van der Waals surface area (Å²) < 4.78 is 14.7. The highest BCUT2D eigenvalue weighted by Gasteiger charge is 2.13. The van der Waals surface area contributed by atoms with E-state index < -0.39 is 0 Å². The van der Waals surface area contributed by atoms with E-state index in [1.165, 1.54) is 12.1 Å². The number of carbonyl (C=O) groups excluding carboxylic acids is 1. The third kappa shape index (κ3) is 2.44. The molecule has 0 spiro atoms. The molecule has 0 fully saturated rings. The molecule has 4 aromatic rings. The van der Waals surface area contributed by atoms with Gasteiger partial charge >= 0.3 is 0 Å². The van der Waals surface area contributed by atoms with Crippen LogP contribution in [0.5, 0.6) is 0 Å². The largest absolute Gasteiger partial charge is 0.296 e. The summed E-state index contributed by atoms with van der Waals surface area (Å²) in [6.07, 6.45) is 5.63. The van der Waals surface area contributed by atoms with E-state index in [9.17, 15) is 9.18 Å². The number of aromatic nitrogens is 4.